The molecule has 0 radical (unpaired) electrons. The highest BCUT2D eigenvalue weighted by molar-refractivity contribution is 7.92. The summed E-state index contributed by atoms with van der Waals surface area (Å²) in [6.07, 6.45) is 5.72. The van der Waals surface area contributed by atoms with Gasteiger partial charge in [0, 0.05) is 31.1 Å². The van der Waals surface area contributed by atoms with E-state index in [0.29, 0.717) is 10.6 Å². The molecule has 1 aliphatic carbocycles. The first-order valence-electron chi connectivity index (χ1n) is 14.7. The minimum atomic E-state index is -4.19. The molecule has 0 saturated heterocycles. The predicted molar refractivity (Wildman–Crippen MR) is 178 cm³/mol. The van der Waals surface area contributed by atoms with Gasteiger partial charge in [-0.15, -0.1) is 0 Å². The number of nitro benzene ring substituents is 1. The van der Waals surface area contributed by atoms with Crippen LogP contribution in [0.5, 0.6) is 5.75 Å². The van der Waals surface area contributed by atoms with Gasteiger partial charge in [0.2, 0.25) is 21.8 Å². The molecule has 246 valence electrons. The third-order valence-corrected chi connectivity index (χ3v) is 9.75. The van der Waals surface area contributed by atoms with Crippen LogP contribution in [0.25, 0.3) is 0 Å². The lowest BCUT2D eigenvalue weighted by Crippen LogP contribution is -2.55. The average molecular weight is 692 g/mol. The molecule has 0 aromatic heterocycles. The Morgan fingerprint density at radius 3 is 2.30 bits per heavy atom. The number of rotatable bonds is 13. The molecule has 46 heavy (non-hydrogen) atoms. The third-order valence-electron chi connectivity index (χ3n) is 7.88. The maximum absolute atomic E-state index is 14.4. The van der Waals surface area contributed by atoms with Crippen LogP contribution in [-0.2, 0) is 32.6 Å². The van der Waals surface area contributed by atoms with E-state index >= 15 is 0 Å². The molecule has 3 aromatic carbocycles. The summed E-state index contributed by atoms with van der Waals surface area (Å²) in [5.74, 6) is -1.08. The van der Waals surface area contributed by atoms with Crippen molar-refractivity contribution in [1.29, 1.82) is 0 Å². The Morgan fingerprint density at radius 2 is 1.70 bits per heavy atom. The van der Waals surface area contributed by atoms with E-state index in [9.17, 15) is 28.1 Å². The van der Waals surface area contributed by atoms with Crippen LogP contribution in [0.1, 0.15) is 43.2 Å². The molecule has 0 aliphatic heterocycles. The Hall–Kier alpha value is -3.87. The number of carbonyl (C=O) groups is 2. The zero-order valence-corrected chi connectivity index (χ0v) is 27.9. The Balaban J connectivity index is 1.79. The molecule has 1 fully saturated rings. The second-order valence-corrected chi connectivity index (χ2v) is 13.9. The number of sulfonamides is 1. The van der Waals surface area contributed by atoms with Gasteiger partial charge in [0.1, 0.15) is 24.0 Å². The topological polar surface area (TPSA) is 139 Å². The van der Waals surface area contributed by atoms with Crippen LogP contribution in [0.15, 0.2) is 66.7 Å². The van der Waals surface area contributed by atoms with E-state index in [4.69, 9.17) is 27.9 Å². The van der Waals surface area contributed by atoms with E-state index in [1.807, 2.05) is 30.3 Å². The third kappa shape index (κ3) is 9.11. The van der Waals surface area contributed by atoms with Gasteiger partial charge >= 0.3 is 0 Å². The van der Waals surface area contributed by atoms with Gasteiger partial charge in [-0.2, -0.15) is 0 Å². The second kappa shape index (κ2) is 15.6. The number of hydrogen-bond donors (Lipinski definition) is 1. The lowest BCUT2D eigenvalue weighted by Gasteiger charge is -2.35. The maximum Gasteiger partial charge on any atom is 0.271 e. The SMILES string of the molecule is COc1ccc([N+](=O)[O-])cc1N(CC(=O)N(Cc1ccc(Cl)c(Cl)c1)[C@H](Cc1ccccc1)C(=O)NC1CCCCC1)S(C)(=O)=O. The van der Waals surface area contributed by atoms with E-state index in [2.05, 4.69) is 5.32 Å². The van der Waals surface area contributed by atoms with Crippen molar-refractivity contribution < 1.29 is 27.7 Å². The summed E-state index contributed by atoms with van der Waals surface area (Å²) in [6.45, 7) is -0.866. The second-order valence-electron chi connectivity index (χ2n) is 11.2. The molecule has 1 N–H and O–H groups in total. The van der Waals surface area contributed by atoms with E-state index in [0.717, 1.165) is 54.3 Å². The van der Waals surface area contributed by atoms with Crippen LogP contribution < -0.4 is 14.4 Å². The van der Waals surface area contributed by atoms with Crippen molar-refractivity contribution in [3.8, 4) is 5.75 Å². The first-order chi connectivity index (χ1) is 21.9. The fourth-order valence-electron chi connectivity index (χ4n) is 5.51. The van der Waals surface area contributed by atoms with Crippen molar-refractivity contribution in [2.75, 3.05) is 24.2 Å². The van der Waals surface area contributed by atoms with Crippen LogP contribution in [0.3, 0.4) is 0 Å². The average Bonchev–Trinajstić information content (AvgIpc) is 3.03. The Bertz CT molecular complexity index is 1670. The molecule has 11 nitrogen and oxygen atoms in total. The van der Waals surface area contributed by atoms with Gasteiger partial charge in [0.05, 0.1) is 28.3 Å². The molecular formula is C32H36Cl2N4O7S. The van der Waals surface area contributed by atoms with Crippen LogP contribution in [0, 0.1) is 10.1 Å². The highest BCUT2D eigenvalue weighted by atomic mass is 35.5. The molecule has 1 atom stereocenters. The van der Waals surface area contributed by atoms with Crippen molar-refractivity contribution >= 4 is 56.4 Å². The number of halogens is 2. The molecule has 14 heteroatoms. The normalized spacial score (nSPS) is 14.3. The molecule has 0 unspecified atom stereocenters. The maximum atomic E-state index is 14.4. The first kappa shape index (κ1) is 35.0. The summed E-state index contributed by atoms with van der Waals surface area (Å²) in [5.41, 5.74) is 0.773. The van der Waals surface area contributed by atoms with Crippen molar-refractivity contribution in [1.82, 2.24) is 10.2 Å². The zero-order chi connectivity index (χ0) is 33.4. The van der Waals surface area contributed by atoms with Crippen molar-refractivity contribution in [2.24, 2.45) is 0 Å². The monoisotopic (exact) mass is 690 g/mol. The van der Waals surface area contributed by atoms with Crippen LogP contribution in [0.2, 0.25) is 10.0 Å². The Kier molecular flexibility index (Phi) is 11.9. The minimum absolute atomic E-state index is 0.00994. The highest BCUT2D eigenvalue weighted by Crippen LogP contribution is 2.34. The Labute approximate surface area is 278 Å². The Morgan fingerprint density at radius 1 is 1.00 bits per heavy atom. The number of anilines is 1. The summed E-state index contributed by atoms with van der Waals surface area (Å²) in [7, 11) is -2.90. The molecule has 2 amide bonds. The van der Waals surface area contributed by atoms with E-state index in [-0.39, 0.29) is 41.4 Å². The fourth-order valence-corrected chi connectivity index (χ4v) is 6.68. The summed E-state index contributed by atoms with van der Waals surface area (Å²) in [5, 5.41) is 15.2. The lowest BCUT2D eigenvalue weighted by molar-refractivity contribution is -0.384. The number of nitrogens with one attached hydrogen (secondary N) is 1. The molecule has 3 aromatic rings. The van der Waals surface area contributed by atoms with Gasteiger partial charge in [-0.25, -0.2) is 8.42 Å². The number of hydrogen-bond acceptors (Lipinski definition) is 7. The van der Waals surface area contributed by atoms with Gasteiger partial charge in [0.25, 0.3) is 5.69 Å². The summed E-state index contributed by atoms with van der Waals surface area (Å²) in [6, 6.07) is 16.4. The van der Waals surface area contributed by atoms with E-state index in [1.165, 1.54) is 24.1 Å². The number of benzene rings is 3. The zero-order valence-electron chi connectivity index (χ0n) is 25.5. The predicted octanol–water partition coefficient (Wildman–Crippen LogP) is 5.77. The van der Waals surface area contributed by atoms with Crippen LogP contribution in [-0.4, -0.2) is 62.0 Å². The molecule has 1 saturated carbocycles. The molecule has 1 aliphatic rings. The molecule has 0 bridgehead atoms. The molecular weight excluding hydrogens is 655 g/mol. The number of carbonyl (C=O) groups excluding carboxylic acids is 2. The van der Waals surface area contributed by atoms with E-state index in [1.54, 1.807) is 18.2 Å². The van der Waals surface area contributed by atoms with E-state index < -0.39 is 39.1 Å². The van der Waals surface area contributed by atoms with Crippen LogP contribution in [0.4, 0.5) is 11.4 Å². The number of amides is 2. The van der Waals surface area contributed by atoms with Gasteiger partial charge in [-0.05, 0) is 42.2 Å². The highest BCUT2D eigenvalue weighted by Gasteiger charge is 2.35. The number of nitro groups is 1. The van der Waals surface area contributed by atoms with Crippen molar-refractivity contribution in [3.05, 3.63) is 98.0 Å². The van der Waals surface area contributed by atoms with Gasteiger partial charge in [-0.3, -0.25) is 24.0 Å². The van der Waals surface area contributed by atoms with Gasteiger partial charge < -0.3 is 15.0 Å². The summed E-state index contributed by atoms with van der Waals surface area (Å²) >= 11 is 12.5. The molecule has 0 spiro atoms. The minimum Gasteiger partial charge on any atom is -0.495 e. The number of methoxy groups -OCH3 is 1. The van der Waals surface area contributed by atoms with Gasteiger partial charge in [0.15, 0.2) is 0 Å². The van der Waals surface area contributed by atoms with Gasteiger partial charge in [-0.1, -0.05) is 78.9 Å². The summed E-state index contributed by atoms with van der Waals surface area (Å²) < 4.78 is 32.4. The first-order valence-corrected chi connectivity index (χ1v) is 17.4. The molecule has 4 rings (SSSR count). The van der Waals surface area contributed by atoms with Crippen LogP contribution >= 0.6 is 23.2 Å². The van der Waals surface area contributed by atoms with Crippen molar-refractivity contribution in [2.45, 2.75) is 57.2 Å². The van der Waals surface area contributed by atoms with Crippen molar-refractivity contribution in [3.63, 3.8) is 0 Å². The standard InChI is InChI=1S/C32H36Cl2N4O7S/c1-45-30-16-14-25(38(41)42)19-28(30)37(46(2,43)44)21-31(39)36(20-23-13-15-26(33)27(34)17-23)29(18-22-9-5-3-6-10-22)32(40)35-24-11-7-4-8-12-24/h3,5-6,9-10,13-17,19,24,29H,4,7-8,11-12,18,20-21H2,1-2H3,(H,35,40)/t29-/m1/s1. The largest absolute Gasteiger partial charge is 0.495 e. The number of nitrogens with zero attached hydrogens (tertiary/aromatic N) is 3. The summed E-state index contributed by atoms with van der Waals surface area (Å²) in [4.78, 5) is 40.7. The fraction of sp³-hybridized carbons (Fsp3) is 0.375. The number of non-ortho nitro benzene ring substituents is 1. The lowest BCUT2D eigenvalue weighted by atomic mass is 9.94. The quantitative estimate of drug-likeness (QED) is 0.178. The smallest absolute Gasteiger partial charge is 0.271 e. The molecule has 0 heterocycles. The number of ether oxygens (including phenoxy) is 1.